The fourth-order valence-electron chi connectivity index (χ4n) is 6.39. The van der Waals surface area contributed by atoms with E-state index in [4.69, 9.17) is 0 Å². The Hall–Kier alpha value is -2.69. The largest absolute Gasteiger partial charge is 0.356 e. The number of unbranched alkanes of at least 4 members (excludes halogenated alkanes) is 1. The van der Waals surface area contributed by atoms with Gasteiger partial charge in [-0.2, -0.15) is 0 Å². The predicted octanol–water partition coefficient (Wildman–Crippen LogP) is 0.441. The maximum atomic E-state index is 13.2. The van der Waals surface area contributed by atoms with E-state index in [-0.39, 0.29) is 78.9 Å². The Morgan fingerprint density at radius 3 is 1.06 bits per heavy atom. The first kappa shape index (κ1) is 50.3. The van der Waals surface area contributed by atoms with Crippen molar-refractivity contribution in [3.63, 3.8) is 0 Å². The lowest BCUT2D eigenvalue weighted by Gasteiger charge is -2.23. The maximum absolute atomic E-state index is 13.2. The third-order valence-corrected chi connectivity index (χ3v) is 9.39. The molecule has 0 saturated carbocycles. The van der Waals surface area contributed by atoms with Crippen molar-refractivity contribution in [2.45, 2.75) is 140 Å². The van der Waals surface area contributed by atoms with Gasteiger partial charge in [0, 0.05) is 68.9 Å². The molecule has 0 aromatic heterocycles. The van der Waals surface area contributed by atoms with Gasteiger partial charge in [-0.15, -0.1) is 0 Å². The van der Waals surface area contributed by atoms with Crippen LogP contribution < -0.4 is 53.2 Å². The minimum Gasteiger partial charge on any atom is -0.356 e. The summed E-state index contributed by atoms with van der Waals surface area (Å²) < 4.78 is 0. The van der Waals surface area contributed by atoms with Gasteiger partial charge in [0.25, 0.3) is 0 Å². The Morgan fingerprint density at radius 2 is 0.698 bits per heavy atom. The summed E-state index contributed by atoms with van der Waals surface area (Å²) >= 11 is 0. The molecule has 4 amide bonds. The van der Waals surface area contributed by atoms with Crippen LogP contribution in [0.1, 0.15) is 110 Å². The lowest BCUT2D eigenvalue weighted by molar-refractivity contribution is -0.126. The number of Topliss-reactive ketones (excluding diaryl/α,β-unsaturated/α-hetero) is 1. The van der Waals surface area contributed by atoms with Crippen molar-refractivity contribution in [1.82, 2.24) is 53.2 Å². The molecule has 0 aliphatic heterocycles. The number of nitrogens with one attached hydrogen (secondary N) is 10. The summed E-state index contributed by atoms with van der Waals surface area (Å²) in [4.78, 5) is 63.9. The molecule has 0 saturated heterocycles. The Balaban J connectivity index is 5.00. The minimum atomic E-state index is -0.323. The molecule has 5 atom stereocenters. The summed E-state index contributed by atoms with van der Waals surface area (Å²) in [5, 5.41) is 31.1. The smallest absolute Gasteiger partial charge is 0.222 e. The molecular weight excluding hydrogens is 676 g/mol. The van der Waals surface area contributed by atoms with Gasteiger partial charge in [0.05, 0.1) is 0 Å². The zero-order valence-electron chi connectivity index (χ0n) is 34.3. The molecule has 0 rings (SSSR count). The van der Waals surface area contributed by atoms with Crippen molar-refractivity contribution in [3.05, 3.63) is 0 Å². The highest BCUT2D eigenvalue weighted by Gasteiger charge is 2.22. The zero-order valence-corrected chi connectivity index (χ0v) is 34.3. The number of amides is 4. The van der Waals surface area contributed by atoms with E-state index in [2.05, 4.69) is 53.2 Å². The third kappa shape index (κ3) is 29.4. The molecule has 53 heavy (non-hydrogen) atoms. The van der Waals surface area contributed by atoms with Crippen LogP contribution in [0.25, 0.3) is 0 Å². The Labute approximate surface area is 321 Å². The minimum absolute atomic E-state index is 0.00998. The molecule has 0 radical (unpaired) electrons. The molecule has 15 nitrogen and oxygen atoms in total. The van der Waals surface area contributed by atoms with Crippen LogP contribution in [0.15, 0.2) is 0 Å². The van der Waals surface area contributed by atoms with Crippen LogP contribution in [-0.4, -0.2) is 135 Å². The quantitative estimate of drug-likeness (QED) is 0.0398. The molecule has 0 aliphatic rings. The average Bonchev–Trinajstić information content (AvgIpc) is 3.10. The van der Waals surface area contributed by atoms with Gasteiger partial charge in [-0.05, 0) is 146 Å². The van der Waals surface area contributed by atoms with Crippen molar-refractivity contribution in [2.24, 2.45) is 0 Å². The van der Waals surface area contributed by atoms with Gasteiger partial charge in [-0.25, -0.2) is 0 Å². The van der Waals surface area contributed by atoms with Gasteiger partial charge in [0.2, 0.25) is 23.6 Å². The van der Waals surface area contributed by atoms with Gasteiger partial charge in [0.1, 0.15) is 5.78 Å². The highest BCUT2D eigenvalue weighted by molar-refractivity contribution is 5.82. The summed E-state index contributed by atoms with van der Waals surface area (Å²) in [5.74, 6) is -0.450. The highest BCUT2D eigenvalue weighted by Crippen LogP contribution is 2.10. The number of rotatable bonds is 36. The van der Waals surface area contributed by atoms with Crippen LogP contribution in [0.5, 0.6) is 0 Å². The lowest BCUT2D eigenvalue weighted by Crippen LogP contribution is -2.44. The first-order valence-corrected chi connectivity index (χ1v) is 20.1. The third-order valence-electron chi connectivity index (χ3n) is 9.39. The van der Waals surface area contributed by atoms with E-state index in [1.165, 1.54) is 6.92 Å². The first-order valence-electron chi connectivity index (χ1n) is 20.1. The second kappa shape index (κ2) is 33.8. The fraction of sp³-hybridized carbons (Fsp3) is 0.868. The van der Waals surface area contributed by atoms with Crippen LogP contribution in [0.2, 0.25) is 0 Å². The monoisotopic (exact) mass is 755 g/mol. The van der Waals surface area contributed by atoms with E-state index in [1.807, 2.05) is 42.3 Å². The van der Waals surface area contributed by atoms with Gasteiger partial charge >= 0.3 is 0 Å². The number of carbonyl (C=O) groups excluding carboxylic acids is 5. The van der Waals surface area contributed by atoms with Gasteiger partial charge in [0.15, 0.2) is 0 Å². The van der Waals surface area contributed by atoms with E-state index in [0.717, 1.165) is 64.7 Å². The second-order valence-corrected chi connectivity index (χ2v) is 14.3. The fourth-order valence-corrected chi connectivity index (χ4v) is 6.39. The van der Waals surface area contributed by atoms with E-state index in [1.54, 1.807) is 0 Å². The van der Waals surface area contributed by atoms with E-state index < -0.39 is 0 Å². The van der Waals surface area contributed by atoms with Crippen LogP contribution in [0, 0.1) is 0 Å². The van der Waals surface area contributed by atoms with Crippen molar-refractivity contribution in [3.8, 4) is 0 Å². The topological polar surface area (TPSA) is 206 Å². The molecule has 5 unspecified atom stereocenters. The molecule has 0 heterocycles. The highest BCUT2D eigenvalue weighted by atomic mass is 16.2. The first-order chi connectivity index (χ1) is 25.5. The van der Waals surface area contributed by atoms with E-state index in [0.29, 0.717) is 51.5 Å². The molecule has 0 bridgehead atoms. The Kier molecular flexibility index (Phi) is 32.1. The van der Waals surface area contributed by atoms with E-state index >= 15 is 0 Å². The zero-order chi connectivity index (χ0) is 39.7. The van der Waals surface area contributed by atoms with Crippen molar-refractivity contribution in [1.29, 1.82) is 0 Å². The Bertz CT molecular complexity index is 989. The average molecular weight is 755 g/mol. The van der Waals surface area contributed by atoms with Crippen LogP contribution in [0.3, 0.4) is 0 Å². The van der Waals surface area contributed by atoms with Crippen LogP contribution in [0.4, 0.5) is 0 Å². The number of hydrogen-bond donors (Lipinski definition) is 10. The van der Waals surface area contributed by atoms with Crippen molar-refractivity contribution in [2.75, 3.05) is 75.0 Å². The molecule has 310 valence electrons. The maximum Gasteiger partial charge on any atom is 0.222 e. The normalized spacial score (nSPS) is 14.1. The van der Waals surface area contributed by atoms with Crippen LogP contribution >= 0.6 is 0 Å². The van der Waals surface area contributed by atoms with Gasteiger partial charge in [-0.3, -0.25) is 24.0 Å². The summed E-state index contributed by atoms with van der Waals surface area (Å²) in [7, 11) is 11.3. The van der Waals surface area contributed by atoms with Crippen molar-refractivity contribution >= 4 is 29.4 Å². The molecule has 0 spiro atoms. The predicted molar refractivity (Wildman–Crippen MR) is 215 cm³/mol. The van der Waals surface area contributed by atoms with Gasteiger partial charge in [-0.1, -0.05) is 0 Å². The Morgan fingerprint density at radius 1 is 0.377 bits per heavy atom. The van der Waals surface area contributed by atoms with Crippen molar-refractivity contribution < 1.29 is 24.0 Å². The standard InChI is InChI=1S/C38H78N10O5/c1-29(49)24-32(46-38(53)28-34(18-13-22-42-5)48-37(52)26-31(44-7)16-11-20-40-3)14-8-9-23-45-35(50)27-33(17-12-21-41-4)47-36(51)25-30(43-6)15-10-19-39-2/h30-34,39-44H,8-28H2,1-7H3,(H,45,50)(H,46,53)(H,47,51)(H,48,52). The number of hydrogen-bond acceptors (Lipinski definition) is 11. The summed E-state index contributed by atoms with van der Waals surface area (Å²) in [5.41, 5.74) is 0. The SMILES string of the molecule is CNCCCC(CC(=O)NC(CCCNC)CC(=O)NCCCCC(CC(C)=O)NC(=O)CC(CCCNC)NC(=O)CC(CCCNC)NC)NC. The molecule has 10 N–H and O–H groups in total. The summed E-state index contributed by atoms with van der Waals surface area (Å²) in [6.07, 6.45) is 9.97. The second-order valence-electron chi connectivity index (χ2n) is 14.3. The number of ketones is 1. The molecule has 0 aromatic rings. The lowest BCUT2D eigenvalue weighted by atomic mass is 10.0. The van der Waals surface area contributed by atoms with Crippen LogP contribution in [-0.2, 0) is 24.0 Å². The molecular formula is C38H78N10O5. The molecule has 15 heteroatoms. The number of carbonyl (C=O) groups is 5. The molecule has 0 aromatic carbocycles. The van der Waals surface area contributed by atoms with Gasteiger partial charge < -0.3 is 53.2 Å². The van der Waals surface area contributed by atoms with E-state index in [9.17, 15) is 24.0 Å². The molecule has 0 aliphatic carbocycles. The summed E-state index contributed by atoms with van der Waals surface area (Å²) in [6, 6.07) is -0.738. The summed E-state index contributed by atoms with van der Waals surface area (Å²) in [6.45, 7) is 5.34. The molecule has 0 fully saturated rings.